The lowest BCUT2D eigenvalue weighted by atomic mass is 10.1. The predicted octanol–water partition coefficient (Wildman–Crippen LogP) is 1.59. The van der Waals surface area contributed by atoms with E-state index in [1.54, 1.807) is 26.0 Å². The van der Waals surface area contributed by atoms with Crippen LogP contribution in [-0.4, -0.2) is 31.6 Å². The van der Waals surface area contributed by atoms with Crippen molar-refractivity contribution in [2.24, 2.45) is 0 Å². The second-order valence-corrected chi connectivity index (χ2v) is 5.11. The van der Waals surface area contributed by atoms with Crippen LogP contribution in [0.1, 0.15) is 13.8 Å². The topological polar surface area (TPSA) is 52.6 Å². The summed E-state index contributed by atoms with van der Waals surface area (Å²) in [5, 5.41) is 2.66. The summed E-state index contributed by atoms with van der Waals surface area (Å²) in [7, 11) is 3.87. The van der Waals surface area contributed by atoms with Crippen molar-refractivity contribution in [3.05, 3.63) is 24.3 Å². The van der Waals surface area contributed by atoms with E-state index < -0.39 is 5.54 Å². The smallest absolute Gasteiger partial charge is 0.329 e. The van der Waals surface area contributed by atoms with Crippen LogP contribution in [0.3, 0.4) is 0 Å². The molecule has 1 aliphatic heterocycles. The Labute approximate surface area is 106 Å². The number of imide groups is 1. The van der Waals surface area contributed by atoms with Crippen LogP contribution in [-0.2, 0) is 4.79 Å². The number of nitrogens with zero attached hydrogens (tertiary/aromatic N) is 2. The number of amides is 3. The molecule has 1 aromatic carbocycles. The van der Waals surface area contributed by atoms with Crippen LogP contribution < -0.4 is 15.1 Å². The second-order valence-electron chi connectivity index (χ2n) is 5.11. The van der Waals surface area contributed by atoms with E-state index in [1.165, 1.54) is 4.90 Å². The van der Waals surface area contributed by atoms with Crippen LogP contribution in [0.15, 0.2) is 24.3 Å². The summed E-state index contributed by atoms with van der Waals surface area (Å²) in [6.07, 6.45) is 0. The molecule has 1 heterocycles. The molecule has 0 atom stereocenters. The molecule has 1 saturated heterocycles. The molecule has 5 nitrogen and oxygen atoms in total. The van der Waals surface area contributed by atoms with E-state index in [0.717, 1.165) is 5.69 Å². The molecule has 3 amide bonds. The van der Waals surface area contributed by atoms with Gasteiger partial charge in [-0.1, -0.05) is 0 Å². The molecule has 1 aliphatic rings. The normalized spacial score (nSPS) is 17.9. The maximum atomic E-state index is 12.1. The van der Waals surface area contributed by atoms with Crippen molar-refractivity contribution in [3.63, 3.8) is 0 Å². The second kappa shape index (κ2) is 4.01. The molecule has 2 rings (SSSR count). The molecule has 96 valence electrons. The third kappa shape index (κ3) is 1.92. The molecule has 0 radical (unpaired) electrons. The zero-order chi connectivity index (χ0) is 13.5. The first-order chi connectivity index (χ1) is 8.33. The Morgan fingerprint density at radius 1 is 1.11 bits per heavy atom. The van der Waals surface area contributed by atoms with Gasteiger partial charge in [0, 0.05) is 19.8 Å². The summed E-state index contributed by atoms with van der Waals surface area (Å²) in [5.74, 6) is -0.231. The molecule has 5 heteroatoms. The number of hydrogen-bond donors (Lipinski definition) is 1. The Morgan fingerprint density at radius 3 is 2.06 bits per heavy atom. The Balaban J connectivity index is 2.32. The Kier molecular flexibility index (Phi) is 2.77. The molecular weight excluding hydrogens is 230 g/mol. The van der Waals surface area contributed by atoms with Gasteiger partial charge in [0.05, 0.1) is 5.69 Å². The van der Waals surface area contributed by atoms with Gasteiger partial charge in [0.1, 0.15) is 5.54 Å². The van der Waals surface area contributed by atoms with Crippen LogP contribution in [0.25, 0.3) is 0 Å². The fourth-order valence-corrected chi connectivity index (χ4v) is 1.88. The number of benzene rings is 1. The molecule has 0 unspecified atom stereocenters. The number of rotatable bonds is 2. The summed E-state index contributed by atoms with van der Waals surface area (Å²) in [5.41, 5.74) is 0.774. The number of urea groups is 1. The minimum atomic E-state index is -0.836. The molecular formula is C13H17N3O2. The number of nitrogens with one attached hydrogen (secondary N) is 1. The molecule has 0 aliphatic carbocycles. The van der Waals surface area contributed by atoms with E-state index in [1.807, 2.05) is 31.1 Å². The van der Waals surface area contributed by atoms with Gasteiger partial charge in [0.25, 0.3) is 5.91 Å². The Morgan fingerprint density at radius 2 is 1.67 bits per heavy atom. The minimum absolute atomic E-state index is 0.231. The highest BCUT2D eigenvalue weighted by Gasteiger charge is 2.44. The highest BCUT2D eigenvalue weighted by molar-refractivity contribution is 6.23. The van der Waals surface area contributed by atoms with E-state index in [-0.39, 0.29) is 11.9 Å². The minimum Gasteiger partial charge on any atom is -0.378 e. The monoisotopic (exact) mass is 247 g/mol. The largest absolute Gasteiger partial charge is 0.378 e. The van der Waals surface area contributed by atoms with Gasteiger partial charge in [0.15, 0.2) is 0 Å². The molecule has 0 bridgehead atoms. The van der Waals surface area contributed by atoms with Crippen molar-refractivity contribution in [2.75, 3.05) is 23.9 Å². The van der Waals surface area contributed by atoms with Gasteiger partial charge in [-0.3, -0.25) is 4.79 Å². The molecule has 1 aromatic rings. The lowest BCUT2D eigenvalue weighted by molar-refractivity contribution is -0.120. The van der Waals surface area contributed by atoms with Crippen molar-refractivity contribution >= 4 is 23.3 Å². The van der Waals surface area contributed by atoms with Crippen molar-refractivity contribution in [2.45, 2.75) is 19.4 Å². The first-order valence-electron chi connectivity index (χ1n) is 5.77. The highest BCUT2D eigenvalue weighted by Crippen LogP contribution is 2.26. The fourth-order valence-electron chi connectivity index (χ4n) is 1.88. The third-order valence-corrected chi connectivity index (χ3v) is 2.98. The van der Waals surface area contributed by atoms with Crippen molar-refractivity contribution in [3.8, 4) is 0 Å². The van der Waals surface area contributed by atoms with E-state index in [2.05, 4.69) is 5.32 Å². The summed E-state index contributed by atoms with van der Waals surface area (Å²) in [6.45, 7) is 3.39. The molecule has 0 saturated carbocycles. The van der Waals surface area contributed by atoms with Gasteiger partial charge in [-0.2, -0.15) is 0 Å². The summed E-state index contributed by atoms with van der Waals surface area (Å²) in [6, 6.07) is 6.92. The van der Waals surface area contributed by atoms with Gasteiger partial charge >= 0.3 is 6.03 Å². The zero-order valence-corrected chi connectivity index (χ0v) is 11.0. The SMILES string of the molecule is CN(C)c1ccc(N2C(=O)NC(C)(C)C2=O)cc1. The standard InChI is InChI=1S/C13H17N3O2/c1-13(2)11(17)16(12(18)14-13)10-7-5-9(6-8-10)15(3)4/h5-8H,1-4H3,(H,14,18). The average molecular weight is 247 g/mol. The molecule has 18 heavy (non-hydrogen) atoms. The van der Waals surface area contributed by atoms with Crippen LogP contribution >= 0.6 is 0 Å². The third-order valence-electron chi connectivity index (χ3n) is 2.98. The maximum absolute atomic E-state index is 12.1. The van der Waals surface area contributed by atoms with E-state index in [9.17, 15) is 9.59 Å². The van der Waals surface area contributed by atoms with Gasteiger partial charge in [-0.05, 0) is 38.1 Å². The van der Waals surface area contributed by atoms with Crippen LogP contribution in [0.4, 0.5) is 16.2 Å². The molecule has 1 N–H and O–H groups in total. The summed E-state index contributed by atoms with van der Waals surface area (Å²) < 4.78 is 0. The van der Waals surface area contributed by atoms with Crippen molar-refractivity contribution < 1.29 is 9.59 Å². The quantitative estimate of drug-likeness (QED) is 0.807. The van der Waals surface area contributed by atoms with Crippen LogP contribution in [0, 0.1) is 0 Å². The van der Waals surface area contributed by atoms with Crippen molar-refractivity contribution in [1.82, 2.24) is 5.32 Å². The van der Waals surface area contributed by atoms with E-state index in [4.69, 9.17) is 0 Å². The number of anilines is 2. The molecule has 0 aromatic heterocycles. The van der Waals surface area contributed by atoms with Gasteiger partial charge in [-0.15, -0.1) is 0 Å². The maximum Gasteiger partial charge on any atom is 0.329 e. The van der Waals surface area contributed by atoms with E-state index in [0.29, 0.717) is 5.69 Å². The lowest BCUT2D eigenvalue weighted by Crippen LogP contribution is -2.40. The lowest BCUT2D eigenvalue weighted by Gasteiger charge is -2.17. The highest BCUT2D eigenvalue weighted by atomic mass is 16.2. The first kappa shape index (κ1) is 12.4. The Bertz CT molecular complexity index is 491. The fraction of sp³-hybridized carbons (Fsp3) is 0.385. The Hall–Kier alpha value is -2.04. The van der Waals surface area contributed by atoms with Gasteiger partial charge < -0.3 is 10.2 Å². The van der Waals surface area contributed by atoms with E-state index >= 15 is 0 Å². The molecule has 1 fully saturated rings. The predicted molar refractivity (Wildman–Crippen MR) is 70.9 cm³/mol. The summed E-state index contributed by atoms with van der Waals surface area (Å²) in [4.78, 5) is 27.0. The van der Waals surface area contributed by atoms with Crippen molar-refractivity contribution in [1.29, 1.82) is 0 Å². The van der Waals surface area contributed by atoms with Crippen LogP contribution in [0.2, 0.25) is 0 Å². The number of carbonyl (C=O) groups excluding carboxylic acids is 2. The number of hydrogen-bond acceptors (Lipinski definition) is 3. The average Bonchev–Trinajstić information content (AvgIpc) is 2.48. The zero-order valence-electron chi connectivity index (χ0n) is 11.0. The van der Waals surface area contributed by atoms with Gasteiger partial charge in [-0.25, -0.2) is 9.69 Å². The van der Waals surface area contributed by atoms with Crippen LogP contribution in [0.5, 0.6) is 0 Å². The summed E-state index contributed by atoms with van der Waals surface area (Å²) >= 11 is 0. The van der Waals surface area contributed by atoms with Gasteiger partial charge in [0.2, 0.25) is 0 Å². The number of carbonyl (C=O) groups is 2. The first-order valence-corrected chi connectivity index (χ1v) is 5.77. The molecule has 0 spiro atoms.